The molecule has 0 radical (unpaired) electrons. The second-order valence-electron chi connectivity index (χ2n) is 8.17. The van der Waals surface area contributed by atoms with E-state index in [0.717, 1.165) is 16.7 Å². The van der Waals surface area contributed by atoms with Gasteiger partial charge in [-0.05, 0) is 43.5 Å². The Morgan fingerprint density at radius 3 is 2.43 bits per heavy atom. The molecule has 150 valence electrons. The van der Waals surface area contributed by atoms with Gasteiger partial charge in [0.1, 0.15) is 6.10 Å². The first-order valence-electron chi connectivity index (χ1n) is 9.61. The minimum Gasteiger partial charge on any atom is -0.446 e. The molecule has 6 nitrogen and oxygen atoms in total. The van der Waals surface area contributed by atoms with Gasteiger partial charge in [-0.1, -0.05) is 24.3 Å². The van der Waals surface area contributed by atoms with E-state index >= 15 is 0 Å². The molecule has 1 fully saturated rings. The number of pyridine rings is 1. The molecule has 0 saturated carbocycles. The molecular formula is C22H28N2O4. The Morgan fingerprint density at radius 2 is 1.86 bits per heavy atom. The fourth-order valence-corrected chi connectivity index (χ4v) is 3.56. The number of aliphatic hydroxyl groups is 1. The number of aryl methyl sites for hydroxylation is 1. The molecule has 0 bridgehead atoms. The van der Waals surface area contributed by atoms with Crippen LogP contribution in [0.15, 0.2) is 47.4 Å². The third-order valence-electron chi connectivity index (χ3n) is 5.22. The highest BCUT2D eigenvalue weighted by Crippen LogP contribution is 2.29. The Labute approximate surface area is 165 Å². The van der Waals surface area contributed by atoms with Gasteiger partial charge in [0.15, 0.2) is 0 Å². The van der Waals surface area contributed by atoms with Crippen molar-refractivity contribution in [1.82, 2.24) is 9.47 Å². The fraction of sp³-hybridized carbons (Fsp3) is 0.455. The summed E-state index contributed by atoms with van der Waals surface area (Å²) in [4.78, 5) is 26.0. The number of carbonyl (C=O) groups is 1. The van der Waals surface area contributed by atoms with Crippen molar-refractivity contribution in [2.24, 2.45) is 7.05 Å². The van der Waals surface area contributed by atoms with Crippen LogP contribution in [0.5, 0.6) is 0 Å². The average molecular weight is 384 g/mol. The molecule has 1 aromatic heterocycles. The maximum absolute atomic E-state index is 12.4. The molecule has 1 unspecified atom stereocenters. The predicted octanol–water partition coefficient (Wildman–Crippen LogP) is 3.49. The van der Waals surface area contributed by atoms with Gasteiger partial charge in [0, 0.05) is 38.7 Å². The van der Waals surface area contributed by atoms with Gasteiger partial charge in [-0.3, -0.25) is 4.79 Å². The van der Waals surface area contributed by atoms with Crippen molar-refractivity contribution < 1.29 is 14.6 Å². The minimum absolute atomic E-state index is 0.0494. The molecule has 2 heterocycles. The summed E-state index contributed by atoms with van der Waals surface area (Å²) in [6, 6.07) is 11.3. The van der Waals surface area contributed by atoms with Crippen molar-refractivity contribution in [2.45, 2.75) is 51.4 Å². The van der Waals surface area contributed by atoms with Crippen LogP contribution in [0, 0.1) is 0 Å². The van der Waals surface area contributed by atoms with Crippen molar-refractivity contribution in [3.05, 3.63) is 58.5 Å². The number of aromatic nitrogens is 1. The van der Waals surface area contributed by atoms with Gasteiger partial charge in [-0.25, -0.2) is 4.79 Å². The third kappa shape index (κ3) is 4.62. The predicted molar refractivity (Wildman–Crippen MR) is 108 cm³/mol. The number of benzene rings is 1. The summed E-state index contributed by atoms with van der Waals surface area (Å²) >= 11 is 0. The molecule has 0 aliphatic carbocycles. The van der Waals surface area contributed by atoms with Gasteiger partial charge in [0.2, 0.25) is 0 Å². The Bertz CT molecular complexity index is 896. The third-order valence-corrected chi connectivity index (χ3v) is 5.22. The van der Waals surface area contributed by atoms with Crippen molar-refractivity contribution in [3.63, 3.8) is 0 Å². The highest BCUT2D eigenvalue weighted by Gasteiger charge is 2.33. The number of nitrogens with zero attached hydrogens (tertiary/aromatic N) is 2. The molecule has 1 amide bonds. The Kier molecular flexibility index (Phi) is 5.61. The number of cyclic esters (lactones) is 1. The molecule has 2 aromatic rings. The molecule has 1 saturated heterocycles. The molecule has 1 aromatic carbocycles. The SMILES string of the molecule is C[C@@H](c1ccc(-c2ccn(C)c(=O)c2)cc1)N1CCC(CC(C)(C)O)OC1=O. The Morgan fingerprint density at radius 1 is 1.18 bits per heavy atom. The van der Waals surface area contributed by atoms with Gasteiger partial charge in [-0.2, -0.15) is 0 Å². The first-order chi connectivity index (χ1) is 13.1. The van der Waals surface area contributed by atoms with Crippen LogP contribution in [0.3, 0.4) is 0 Å². The highest BCUT2D eigenvalue weighted by molar-refractivity contribution is 5.69. The Balaban J connectivity index is 1.69. The second-order valence-corrected chi connectivity index (χ2v) is 8.17. The van der Waals surface area contributed by atoms with Crippen molar-refractivity contribution in [2.75, 3.05) is 6.54 Å². The normalized spacial score (nSPS) is 18.7. The molecule has 6 heteroatoms. The van der Waals surface area contributed by atoms with Gasteiger partial charge in [0.05, 0.1) is 11.6 Å². The van der Waals surface area contributed by atoms with E-state index in [4.69, 9.17) is 4.74 Å². The van der Waals surface area contributed by atoms with Crippen LogP contribution in [0.2, 0.25) is 0 Å². The average Bonchev–Trinajstić information content (AvgIpc) is 2.62. The highest BCUT2D eigenvalue weighted by atomic mass is 16.6. The molecular weight excluding hydrogens is 356 g/mol. The summed E-state index contributed by atoms with van der Waals surface area (Å²) in [5.41, 5.74) is 1.93. The number of rotatable bonds is 5. The van der Waals surface area contributed by atoms with Crippen LogP contribution < -0.4 is 5.56 Å². The van der Waals surface area contributed by atoms with Gasteiger partial charge in [-0.15, -0.1) is 0 Å². The molecule has 28 heavy (non-hydrogen) atoms. The van der Waals surface area contributed by atoms with Crippen molar-refractivity contribution >= 4 is 6.09 Å². The number of ether oxygens (including phenoxy) is 1. The Hall–Kier alpha value is -2.60. The summed E-state index contributed by atoms with van der Waals surface area (Å²) in [7, 11) is 1.72. The zero-order valence-corrected chi connectivity index (χ0v) is 16.9. The van der Waals surface area contributed by atoms with Crippen LogP contribution in [0.1, 0.15) is 45.2 Å². The van der Waals surface area contributed by atoms with Crippen LogP contribution in [0.25, 0.3) is 11.1 Å². The number of hydrogen-bond donors (Lipinski definition) is 1. The van der Waals surface area contributed by atoms with E-state index in [1.807, 2.05) is 37.3 Å². The number of carbonyl (C=O) groups excluding carboxylic acids is 1. The number of hydrogen-bond acceptors (Lipinski definition) is 4. The molecule has 1 N–H and O–H groups in total. The van der Waals surface area contributed by atoms with E-state index in [1.165, 1.54) is 4.57 Å². The standard InChI is InChI=1S/C22H28N2O4/c1-15(24-12-10-19(28-21(24)26)14-22(2,3)27)16-5-7-17(8-6-16)18-9-11-23(4)20(25)13-18/h5-9,11,13,15,19,27H,10,12,14H2,1-4H3/t15-,19?/m0/s1. The van der Waals surface area contributed by atoms with Crippen LogP contribution in [-0.2, 0) is 11.8 Å². The number of amides is 1. The van der Waals surface area contributed by atoms with E-state index in [1.54, 1.807) is 38.1 Å². The minimum atomic E-state index is -0.854. The van der Waals surface area contributed by atoms with Gasteiger partial charge in [0.25, 0.3) is 5.56 Å². The maximum Gasteiger partial charge on any atom is 0.410 e. The van der Waals surface area contributed by atoms with Gasteiger partial charge >= 0.3 is 6.09 Å². The van der Waals surface area contributed by atoms with E-state index in [2.05, 4.69) is 0 Å². The molecule has 1 aliphatic rings. The van der Waals surface area contributed by atoms with Crippen LogP contribution >= 0.6 is 0 Å². The summed E-state index contributed by atoms with van der Waals surface area (Å²) < 4.78 is 7.06. The zero-order chi connectivity index (χ0) is 20.5. The maximum atomic E-state index is 12.4. The lowest BCUT2D eigenvalue weighted by atomic mass is 9.97. The van der Waals surface area contributed by atoms with E-state index in [0.29, 0.717) is 19.4 Å². The topological polar surface area (TPSA) is 71.8 Å². The lowest BCUT2D eigenvalue weighted by Gasteiger charge is -2.37. The smallest absolute Gasteiger partial charge is 0.410 e. The van der Waals surface area contributed by atoms with Crippen LogP contribution in [0.4, 0.5) is 4.79 Å². The monoisotopic (exact) mass is 384 g/mol. The quantitative estimate of drug-likeness (QED) is 0.857. The van der Waals surface area contributed by atoms with Gasteiger partial charge < -0.3 is 19.3 Å². The summed E-state index contributed by atoms with van der Waals surface area (Å²) in [5, 5.41) is 9.94. The first kappa shape index (κ1) is 20.1. The molecule has 0 spiro atoms. The second kappa shape index (κ2) is 7.80. The van der Waals surface area contributed by atoms with Crippen LogP contribution in [-0.4, -0.2) is 38.9 Å². The zero-order valence-electron chi connectivity index (χ0n) is 16.9. The molecule has 2 atom stereocenters. The van der Waals surface area contributed by atoms with E-state index < -0.39 is 5.60 Å². The fourth-order valence-electron chi connectivity index (χ4n) is 3.56. The molecule has 1 aliphatic heterocycles. The van der Waals surface area contributed by atoms with Crippen molar-refractivity contribution in [3.8, 4) is 11.1 Å². The molecule has 3 rings (SSSR count). The lowest BCUT2D eigenvalue weighted by molar-refractivity contribution is -0.0309. The lowest BCUT2D eigenvalue weighted by Crippen LogP contribution is -2.45. The first-order valence-corrected chi connectivity index (χ1v) is 9.61. The largest absolute Gasteiger partial charge is 0.446 e. The summed E-state index contributed by atoms with van der Waals surface area (Å²) in [6.45, 7) is 6.02. The summed E-state index contributed by atoms with van der Waals surface area (Å²) in [6.07, 6.45) is 2.29. The van der Waals surface area contributed by atoms with E-state index in [9.17, 15) is 14.7 Å². The van der Waals surface area contributed by atoms with Crippen molar-refractivity contribution in [1.29, 1.82) is 0 Å². The van der Waals surface area contributed by atoms with E-state index in [-0.39, 0.29) is 23.8 Å². The summed E-state index contributed by atoms with van der Waals surface area (Å²) in [5.74, 6) is 0.